The molecule has 0 aliphatic rings. The summed E-state index contributed by atoms with van der Waals surface area (Å²) in [5, 5.41) is 7.69. The molecule has 0 aliphatic carbocycles. The maximum Gasteiger partial charge on any atom is 0.134 e. The van der Waals surface area contributed by atoms with Crippen LogP contribution in [-0.2, 0) is 13.0 Å². The molecule has 0 unspecified atom stereocenters. The van der Waals surface area contributed by atoms with E-state index in [1.54, 1.807) is 6.07 Å². The number of para-hydroxylation sites is 2. The normalized spacial score (nSPS) is 8.66. The second-order valence-electron chi connectivity index (χ2n) is 6.64. The first-order valence-electron chi connectivity index (χ1n) is 14.0. The lowest BCUT2D eigenvalue weighted by atomic mass is 10.2. The molecule has 0 saturated carbocycles. The van der Waals surface area contributed by atoms with Crippen molar-refractivity contribution in [1.82, 2.24) is 10.3 Å². The van der Waals surface area contributed by atoms with Crippen molar-refractivity contribution in [3.05, 3.63) is 96.2 Å². The molecular weight excluding hydrogens is 476 g/mol. The molecule has 2 aromatic carbocycles. The van der Waals surface area contributed by atoms with E-state index in [1.165, 1.54) is 6.26 Å². The first-order chi connectivity index (χ1) is 18.8. The number of benzene rings is 2. The molecule has 0 atom stereocenters. The molecule has 0 amide bonds. The molecule has 2 aromatic heterocycles. The number of nitrogens with zero attached hydrogens (tertiary/aromatic N) is 2. The van der Waals surface area contributed by atoms with Crippen LogP contribution in [-0.4, -0.2) is 16.9 Å². The van der Waals surface area contributed by atoms with E-state index in [9.17, 15) is 0 Å². The third-order valence-corrected chi connectivity index (χ3v) is 4.14. The van der Waals surface area contributed by atoms with E-state index in [1.807, 2.05) is 129 Å². The van der Waals surface area contributed by atoms with Crippen LogP contribution < -0.4 is 9.47 Å². The molecule has 0 bridgehead atoms. The van der Waals surface area contributed by atoms with Crippen LogP contribution in [0.1, 0.15) is 85.4 Å². The Morgan fingerprint density at radius 2 is 1.18 bits per heavy atom. The van der Waals surface area contributed by atoms with Gasteiger partial charge in [0.1, 0.15) is 35.8 Å². The molecule has 0 spiro atoms. The van der Waals surface area contributed by atoms with E-state index < -0.39 is 0 Å². The second-order valence-corrected chi connectivity index (χ2v) is 6.64. The molecule has 4 aromatic rings. The molecule has 0 saturated heterocycles. The first-order valence-corrected chi connectivity index (χ1v) is 14.0. The topological polar surface area (TPSA) is 70.5 Å². The average molecular weight is 527 g/mol. The highest BCUT2D eigenvalue weighted by Crippen LogP contribution is 2.11. The first kappa shape index (κ1) is 36.6. The minimum absolute atomic E-state index is 0.445. The minimum atomic E-state index is 0.445. The molecule has 0 aliphatic heterocycles. The Morgan fingerprint density at radius 3 is 1.66 bits per heavy atom. The molecule has 0 N–H and O–H groups in total. The van der Waals surface area contributed by atoms with Gasteiger partial charge < -0.3 is 18.5 Å². The van der Waals surface area contributed by atoms with Crippen molar-refractivity contribution in [2.45, 2.75) is 88.2 Å². The van der Waals surface area contributed by atoms with Gasteiger partial charge in [0.25, 0.3) is 0 Å². The summed E-state index contributed by atoms with van der Waals surface area (Å²) < 4.78 is 20.7. The van der Waals surface area contributed by atoms with E-state index in [-0.39, 0.29) is 0 Å². The van der Waals surface area contributed by atoms with Crippen molar-refractivity contribution in [3.63, 3.8) is 0 Å². The number of ether oxygens (including phenoxy) is 2. The van der Waals surface area contributed by atoms with Crippen LogP contribution in [0, 0.1) is 6.92 Å². The highest BCUT2D eigenvalue weighted by atomic mass is 16.5. The monoisotopic (exact) mass is 526 g/mol. The summed E-state index contributed by atoms with van der Waals surface area (Å²) >= 11 is 0. The van der Waals surface area contributed by atoms with Gasteiger partial charge in [-0.25, -0.2) is 0 Å². The molecule has 4 rings (SSSR count). The molecule has 6 nitrogen and oxygen atoms in total. The fourth-order valence-electron chi connectivity index (χ4n) is 2.64. The number of aryl methyl sites for hydroxylation is 2. The predicted molar refractivity (Wildman–Crippen MR) is 159 cm³/mol. The van der Waals surface area contributed by atoms with Crippen molar-refractivity contribution < 1.29 is 18.5 Å². The average Bonchev–Trinajstić information content (AvgIpc) is 3.69. The van der Waals surface area contributed by atoms with Gasteiger partial charge in [0, 0.05) is 12.1 Å². The van der Waals surface area contributed by atoms with Crippen LogP contribution in [0.4, 0.5) is 0 Å². The van der Waals surface area contributed by atoms with Crippen LogP contribution in [0.2, 0.25) is 0 Å². The van der Waals surface area contributed by atoms with Crippen molar-refractivity contribution in [1.29, 1.82) is 0 Å². The van der Waals surface area contributed by atoms with Gasteiger partial charge in [0.05, 0.1) is 12.3 Å². The lowest BCUT2D eigenvalue weighted by Crippen LogP contribution is -1.98. The number of unbranched alkanes of at least 4 members (excludes halogenated alkanes) is 1. The number of rotatable bonds is 9. The summed E-state index contributed by atoms with van der Waals surface area (Å²) in [5.41, 5.74) is 1.83. The van der Waals surface area contributed by atoms with Crippen LogP contribution in [0.3, 0.4) is 0 Å². The van der Waals surface area contributed by atoms with Crippen LogP contribution >= 0.6 is 0 Å². The van der Waals surface area contributed by atoms with Crippen molar-refractivity contribution in [2.75, 3.05) is 6.61 Å². The lowest BCUT2D eigenvalue weighted by molar-refractivity contribution is 0.289. The Labute approximate surface area is 231 Å². The number of aromatic nitrogens is 2. The fraction of sp³-hybridized carbons (Fsp3) is 0.438. The Bertz CT molecular complexity index is 940. The Morgan fingerprint density at radius 1 is 0.632 bits per heavy atom. The van der Waals surface area contributed by atoms with Crippen molar-refractivity contribution in [2.24, 2.45) is 0 Å². The van der Waals surface area contributed by atoms with Gasteiger partial charge in [-0.15, -0.1) is 0 Å². The zero-order valence-electron chi connectivity index (χ0n) is 25.1. The van der Waals surface area contributed by atoms with Crippen molar-refractivity contribution in [3.8, 4) is 11.5 Å². The van der Waals surface area contributed by atoms with Crippen LogP contribution in [0.15, 0.2) is 88.1 Å². The van der Waals surface area contributed by atoms with Gasteiger partial charge in [-0.3, -0.25) is 0 Å². The Hall–Kier alpha value is -3.54. The number of hydrogen-bond acceptors (Lipinski definition) is 6. The molecule has 6 heteroatoms. The van der Waals surface area contributed by atoms with Gasteiger partial charge in [-0.2, -0.15) is 0 Å². The molecule has 2 heterocycles. The van der Waals surface area contributed by atoms with E-state index in [0.29, 0.717) is 6.61 Å². The summed E-state index contributed by atoms with van der Waals surface area (Å²) in [6, 6.07) is 23.3. The smallest absolute Gasteiger partial charge is 0.134 e. The zero-order valence-corrected chi connectivity index (χ0v) is 25.1. The van der Waals surface area contributed by atoms with Gasteiger partial charge in [0.2, 0.25) is 0 Å². The molecule has 0 fully saturated rings. The molecular formula is C32H50N2O4. The third-order valence-electron chi connectivity index (χ3n) is 4.14. The summed E-state index contributed by atoms with van der Waals surface area (Å²) in [5.74, 6) is 2.65. The standard InChI is InChI=1S/C14H17NO2.C10H9NO2.4C2H6/c1-12-11-13(15-17-12)7-5-6-10-16-14-8-3-2-4-9-14;1-2-4-10(5-3-1)12-8-9-6-7-13-11-9;4*1-2/h2-4,8-9,11H,5-7,10H2,1H3;1-7H,8H2;4*1-2H3. The van der Waals surface area contributed by atoms with Crippen LogP contribution in [0.25, 0.3) is 0 Å². The quantitative estimate of drug-likeness (QED) is 0.202. The molecule has 38 heavy (non-hydrogen) atoms. The Balaban J connectivity index is 0. The van der Waals surface area contributed by atoms with E-state index in [0.717, 1.165) is 54.5 Å². The maximum atomic E-state index is 5.61. The summed E-state index contributed by atoms with van der Waals surface area (Å²) in [6.07, 6.45) is 4.58. The summed E-state index contributed by atoms with van der Waals surface area (Å²) in [6.45, 7) is 19.1. The highest BCUT2D eigenvalue weighted by Gasteiger charge is 2.00. The van der Waals surface area contributed by atoms with Crippen molar-refractivity contribution >= 4 is 0 Å². The van der Waals surface area contributed by atoms with E-state index in [4.69, 9.17) is 14.0 Å². The van der Waals surface area contributed by atoms with Gasteiger partial charge in [-0.1, -0.05) is 102 Å². The van der Waals surface area contributed by atoms with Gasteiger partial charge >= 0.3 is 0 Å². The lowest BCUT2D eigenvalue weighted by Gasteiger charge is -2.04. The maximum absolute atomic E-state index is 5.61. The summed E-state index contributed by atoms with van der Waals surface area (Å²) in [7, 11) is 0. The number of hydrogen-bond donors (Lipinski definition) is 0. The summed E-state index contributed by atoms with van der Waals surface area (Å²) in [4.78, 5) is 0. The van der Waals surface area contributed by atoms with Gasteiger partial charge in [0.15, 0.2) is 0 Å². The zero-order chi connectivity index (χ0) is 28.9. The van der Waals surface area contributed by atoms with Crippen LogP contribution in [0.5, 0.6) is 11.5 Å². The third kappa shape index (κ3) is 18.7. The predicted octanol–water partition coefficient (Wildman–Crippen LogP) is 9.74. The fourth-order valence-corrected chi connectivity index (χ4v) is 2.64. The van der Waals surface area contributed by atoms with E-state index >= 15 is 0 Å². The SMILES string of the molecule is CC.CC.CC.CC.Cc1cc(CCCCOc2ccccc2)no1.c1ccc(OCc2ccon2)cc1. The largest absolute Gasteiger partial charge is 0.494 e. The van der Waals surface area contributed by atoms with E-state index in [2.05, 4.69) is 14.8 Å². The minimum Gasteiger partial charge on any atom is -0.494 e. The second kappa shape index (κ2) is 28.0. The molecule has 0 radical (unpaired) electrons. The Kier molecular flexibility index (Phi) is 27.0. The van der Waals surface area contributed by atoms with Gasteiger partial charge in [-0.05, 0) is 50.5 Å². The molecule has 212 valence electrons. The highest BCUT2D eigenvalue weighted by molar-refractivity contribution is 5.21.